The van der Waals surface area contributed by atoms with Crippen LogP contribution >= 0.6 is 0 Å². The van der Waals surface area contributed by atoms with Crippen LogP contribution in [0.2, 0.25) is 0 Å². The molecule has 0 atom stereocenters. The van der Waals surface area contributed by atoms with Gasteiger partial charge in [0.2, 0.25) is 0 Å². The van der Waals surface area contributed by atoms with Crippen molar-refractivity contribution in [2.45, 2.75) is 26.7 Å². The second-order valence-electron chi connectivity index (χ2n) is 4.62. The summed E-state index contributed by atoms with van der Waals surface area (Å²) in [5.74, 6) is 0.986. The number of benzene rings is 1. The number of nitrogens with one attached hydrogen (secondary N) is 1. The van der Waals surface area contributed by atoms with Crippen molar-refractivity contribution in [1.82, 2.24) is 5.32 Å². The van der Waals surface area contributed by atoms with Gasteiger partial charge in [0.15, 0.2) is 0 Å². The first-order valence-electron chi connectivity index (χ1n) is 6.63. The zero-order valence-electron chi connectivity index (χ0n) is 11.8. The van der Waals surface area contributed by atoms with Crippen molar-refractivity contribution in [3.63, 3.8) is 0 Å². The maximum atomic E-state index is 5.74. The van der Waals surface area contributed by atoms with Crippen LogP contribution in [-0.2, 0) is 4.74 Å². The van der Waals surface area contributed by atoms with Crippen LogP contribution in [0.3, 0.4) is 0 Å². The summed E-state index contributed by atoms with van der Waals surface area (Å²) < 4.78 is 10.7. The summed E-state index contributed by atoms with van der Waals surface area (Å²) in [5.41, 5.74) is 2.51. The van der Waals surface area contributed by atoms with Gasteiger partial charge in [0.1, 0.15) is 5.75 Å². The normalized spacial score (nSPS) is 10.6. The standard InChI is InChI=1S/C15H25NO2/c1-13-10-14(2)12-15(11-13)18-8-5-4-6-16-7-9-17-3/h10-12,16H,4-9H2,1-3H3. The Labute approximate surface area is 110 Å². The molecule has 0 amide bonds. The summed E-state index contributed by atoms with van der Waals surface area (Å²) in [6, 6.07) is 6.33. The molecule has 0 saturated heterocycles. The van der Waals surface area contributed by atoms with E-state index in [1.54, 1.807) is 7.11 Å². The summed E-state index contributed by atoms with van der Waals surface area (Å²) >= 11 is 0. The van der Waals surface area contributed by atoms with Crippen molar-refractivity contribution in [1.29, 1.82) is 0 Å². The molecule has 0 heterocycles. The number of rotatable bonds is 9. The molecule has 0 spiro atoms. The fourth-order valence-corrected chi connectivity index (χ4v) is 1.86. The van der Waals surface area contributed by atoms with Crippen molar-refractivity contribution in [3.05, 3.63) is 29.3 Å². The van der Waals surface area contributed by atoms with E-state index in [9.17, 15) is 0 Å². The maximum Gasteiger partial charge on any atom is 0.119 e. The fourth-order valence-electron chi connectivity index (χ4n) is 1.86. The molecule has 0 aliphatic carbocycles. The highest BCUT2D eigenvalue weighted by Crippen LogP contribution is 2.16. The largest absolute Gasteiger partial charge is 0.494 e. The lowest BCUT2D eigenvalue weighted by molar-refractivity contribution is 0.199. The maximum absolute atomic E-state index is 5.74. The van der Waals surface area contributed by atoms with Crippen LogP contribution in [-0.4, -0.2) is 33.4 Å². The first-order chi connectivity index (χ1) is 8.72. The molecule has 3 heteroatoms. The Balaban J connectivity index is 2.07. The van der Waals surface area contributed by atoms with Gasteiger partial charge in [0, 0.05) is 13.7 Å². The van der Waals surface area contributed by atoms with Gasteiger partial charge in [-0.2, -0.15) is 0 Å². The van der Waals surface area contributed by atoms with E-state index in [-0.39, 0.29) is 0 Å². The predicted molar refractivity (Wildman–Crippen MR) is 75.4 cm³/mol. The summed E-state index contributed by atoms with van der Waals surface area (Å²) in [5, 5.41) is 3.32. The van der Waals surface area contributed by atoms with Crippen molar-refractivity contribution in [2.24, 2.45) is 0 Å². The van der Waals surface area contributed by atoms with Gasteiger partial charge < -0.3 is 14.8 Å². The van der Waals surface area contributed by atoms with E-state index in [1.807, 2.05) is 0 Å². The van der Waals surface area contributed by atoms with E-state index < -0.39 is 0 Å². The Kier molecular flexibility index (Phi) is 7.46. The Morgan fingerprint density at radius 1 is 0.944 bits per heavy atom. The lowest BCUT2D eigenvalue weighted by Crippen LogP contribution is -2.20. The first-order valence-corrected chi connectivity index (χ1v) is 6.63. The molecule has 0 aliphatic rings. The molecular weight excluding hydrogens is 226 g/mol. The van der Waals surface area contributed by atoms with Crippen molar-refractivity contribution in [3.8, 4) is 5.75 Å². The molecule has 102 valence electrons. The Morgan fingerprint density at radius 3 is 2.33 bits per heavy atom. The smallest absolute Gasteiger partial charge is 0.119 e. The second-order valence-corrected chi connectivity index (χ2v) is 4.62. The summed E-state index contributed by atoms with van der Waals surface area (Å²) in [6.45, 7) is 7.71. The molecule has 3 nitrogen and oxygen atoms in total. The molecule has 0 unspecified atom stereocenters. The minimum absolute atomic E-state index is 0.777. The number of methoxy groups -OCH3 is 1. The van der Waals surface area contributed by atoms with E-state index in [2.05, 4.69) is 37.4 Å². The van der Waals surface area contributed by atoms with Crippen LogP contribution in [0.5, 0.6) is 5.75 Å². The predicted octanol–water partition coefficient (Wildman–Crippen LogP) is 2.70. The first kappa shape index (κ1) is 15.0. The van der Waals surface area contributed by atoms with Crippen LogP contribution < -0.4 is 10.1 Å². The molecule has 0 aromatic heterocycles. The summed E-state index contributed by atoms with van der Waals surface area (Å²) in [4.78, 5) is 0. The van der Waals surface area contributed by atoms with E-state index in [0.717, 1.165) is 44.9 Å². The number of unbranched alkanes of at least 4 members (excludes halogenated alkanes) is 1. The van der Waals surface area contributed by atoms with Gasteiger partial charge in [-0.25, -0.2) is 0 Å². The molecule has 18 heavy (non-hydrogen) atoms. The molecular formula is C15H25NO2. The highest BCUT2D eigenvalue weighted by Gasteiger charge is 1.97. The van der Waals surface area contributed by atoms with Crippen LogP contribution in [0.15, 0.2) is 18.2 Å². The van der Waals surface area contributed by atoms with Gasteiger partial charge in [-0.1, -0.05) is 6.07 Å². The van der Waals surface area contributed by atoms with Gasteiger partial charge >= 0.3 is 0 Å². The van der Waals surface area contributed by atoms with Crippen molar-refractivity contribution < 1.29 is 9.47 Å². The van der Waals surface area contributed by atoms with E-state index in [1.165, 1.54) is 11.1 Å². The topological polar surface area (TPSA) is 30.5 Å². The molecule has 1 N–H and O–H groups in total. The molecule has 0 bridgehead atoms. The fraction of sp³-hybridized carbons (Fsp3) is 0.600. The molecule has 0 radical (unpaired) electrons. The minimum atomic E-state index is 0.777. The minimum Gasteiger partial charge on any atom is -0.494 e. The zero-order valence-corrected chi connectivity index (χ0v) is 11.8. The number of aryl methyl sites for hydroxylation is 2. The Morgan fingerprint density at radius 2 is 1.67 bits per heavy atom. The molecule has 0 fully saturated rings. The SMILES string of the molecule is COCCNCCCCOc1cc(C)cc(C)c1. The summed E-state index contributed by atoms with van der Waals surface area (Å²) in [7, 11) is 1.72. The third kappa shape index (κ3) is 6.62. The summed E-state index contributed by atoms with van der Waals surface area (Å²) in [6.07, 6.45) is 2.21. The Bertz CT molecular complexity index is 319. The van der Waals surface area contributed by atoms with E-state index >= 15 is 0 Å². The zero-order chi connectivity index (χ0) is 13.2. The van der Waals surface area contributed by atoms with Gasteiger partial charge in [-0.05, 0) is 56.5 Å². The second kappa shape index (κ2) is 8.95. The molecule has 0 aliphatic heterocycles. The Hall–Kier alpha value is -1.06. The van der Waals surface area contributed by atoms with Crippen LogP contribution in [0.25, 0.3) is 0 Å². The quantitative estimate of drug-likeness (QED) is 0.685. The van der Waals surface area contributed by atoms with Crippen LogP contribution in [0, 0.1) is 13.8 Å². The molecule has 0 saturated carbocycles. The van der Waals surface area contributed by atoms with Crippen molar-refractivity contribution >= 4 is 0 Å². The molecule has 1 rings (SSSR count). The van der Waals surface area contributed by atoms with Gasteiger partial charge in [0.05, 0.1) is 13.2 Å². The van der Waals surface area contributed by atoms with Gasteiger partial charge in [-0.15, -0.1) is 0 Å². The number of ether oxygens (including phenoxy) is 2. The van der Waals surface area contributed by atoms with Crippen molar-refractivity contribution in [2.75, 3.05) is 33.4 Å². The average Bonchev–Trinajstić information content (AvgIpc) is 2.31. The van der Waals surface area contributed by atoms with Gasteiger partial charge in [0.25, 0.3) is 0 Å². The highest BCUT2D eigenvalue weighted by atomic mass is 16.5. The number of hydrogen-bond donors (Lipinski definition) is 1. The van der Waals surface area contributed by atoms with Crippen LogP contribution in [0.4, 0.5) is 0 Å². The third-order valence-electron chi connectivity index (χ3n) is 2.69. The monoisotopic (exact) mass is 251 g/mol. The van der Waals surface area contributed by atoms with E-state index in [4.69, 9.17) is 9.47 Å². The lowest BCUT2D eigenvalue weighted by Gasteiger charge is -2.08. The number of hydrogen-bond acceptors (Lipinski definition) is 3. The molecule has 1 aromatic rings. The van der Waals surface area contributed by atoms with Crippen LogP contribution in [0.1, 0.15) is 24.0 Å². The molecule has 1 aromatic carbocycles. The third-order valence-corrected chi connectivity index (χ3v) is 2.69. The van der Waals surface area contributed by atoms with E-state index in [0.29, 0.717) is 0 Å². The average molecular weight is 251 g/mol. The highest BCUT2D eigenvalue weighted by molar-refractivity contribution is 5.32. The lowest BCUT2D eigenvalue weighted by atomic mass is 10.1. The van der Waals surface area contributed by atoms with Gasteiger partial charge in [-0.3, -0.25) is 0 Å².